The number of nitro groups is 1. The van der Waals surface area contributed by atoms with Gasteiger partial charge in [-0.3, -0.25) is 19.7 Å². The minimum atomic E-state index is -4.28. The summed E-state index contributed by atoms with van der Waals surface area (Å²) in [7, 11) is -0.324. The Morgan fingerprint density at radius 2 is 1.66 bits per heavy atom. The highest BCUT2D eigenvalue weighted by atomic mass is 35.5. The molecule has 1 atom stereocenters. The van der Waals surface area contributed by atoms with Crippen LogP contribution in [0.5, 0.6) is 0 Å². The van der Waals surface area contributed by atoms with Crippen LogP contribution in [0.1, 0.15) is 12.0 Å². The molecule has 7 rings (SSSR count). The summed E-state index contributed by atoms with van der Waals surface area (Å²) < 4.78 is 30.0. The van der Waals surface area contributed by atoms with Gasteiger partial charge in [0.15, 0.2) is 5.82 Å². The zero-order valence-corrected chi connectivity index (χ0v) is 34.7. The monoisotopic (exact) mass is 836 g/mol. The van der Waals surface area contributed by atoms with Gasteiger partial charge in [0.05, 0.1) is 16.0 Å². The first kappa shape index (κ1) is 40.9. The van der Waals surface area contributed by atoms with Crippen molar-refractivity contribution in [3.63, 3.8) is 0 Å². The number of thioether (sulfide) groups is 1. The van der Waals surface area contributed by atoms with Crippen molar-refractivity contribution in [2.75, 3.05) is 67.5 Å². The van der Waals surface area contributed by atoms with Gasteiger partial charge in [0.25, 0.3) is 15.7 Å². The molecule has 1 aromatic heterocycles. The minimum absolute atomic E-state index is 0.0414. The van der Waals surface area contributed by atoms with Crippen LogP contribution in [0.3, 0.4) is 0 Å². The topological polar surface area (TPSA) is 137 Å². The summed E-state index contributed by atoms with van der Waals surface area (Å²) in [6, 6.07) is 35.9. The smallest absolute Gasteiger partial charge is 0.293 e. The van der Waals surface area contributed by atoms with E-state index in [1.54, 1.807) is 18.0 Å². The molecule has 0 unspecified atom stereocenters. The van der Waals surface area contributed by atoms with E-state index in [2.05, 4.69) is 71.3 Å². The molecule has 1 saturated heterocycles. The van der Waals surface area contributed by atoms with Crippen molar-refractivity contribution < 1.29 is 13.3 Å². The van der Waals surface area contributed by atoms with Gasteiger partial charge in [0, 0.05) is 77.0 Å². The largest absolute Gasteiger partial charge is 0.376 e. The molecule has 1 aliphatic rings. The number of rotatable bonds is 16. The van der Waals surface area contributed by atoms with Gasteiger partial charge in [-0.2, -0.15) is 5.10 Å². The molecular formula is C43H45ClN8O4S2. The summed E-state index contributed by atoms with van der Waals surface area (Å²) in [5.74, 6) is 0.703. The molecule has 12 nitrogen and oxygen atoms in total. The zero-order valence-electron chi connectivity index (χ0n) is 32.3. The fraction of sp³-hybridized carbons (Fsp3) is 0.256. The second kappa shape index (κ2) is 18.6. The number of nitro benzene ring substituents is 1. The lowest BCUT2D eigenvalue weighted by Crippen LogP contribution is -2.46. The Balaban J connectivity index is 1.02. The van der Waals surface area contributed by atoms with Gasteiger partial charge in [-0.15, -0.1) is 16.9 Å². The highest BCUT2D eigenvalue weighted by Crippen LogP contribution is 2.33. The number of benzene rings is 5. The molecule has 6 aromatic rings. The predicted molar refractivity (Wildman–Crippen MR) is 236 cm³/mol. The number of halogens is 1. The van der Waals surface area contributed by atoms with Crippen LogP contribution in [-0.2, 0) is 16.6 Å². The number of aromatic nitrogens is 2. The summed E-state index contributed by atoms with van der Waals surface area (Å²) in [6.07, 6.45) is 2.33. The van der Waals surface area contributed by atoms with Crippen molar-refractivity contribution in [2.45, 2.75) is 28.8 Å². The van der Waals surface area contributed by atoms with E-state index in [-0.39, 0.29) is 28.1 Å². The maximum absolute atomic E-state index is 13.7. The molecule has 0 radical (unpaired) electrons. The zero-order chi connectivity index (χ0) is 40.6. The second-order valence-corrected chi connectivity index (χ2v) is 17.7. The fourth-order valence-electron chi connectivity index (χ4n) is 7.00. The SMILES string of the molecule is CN(C)CC[C@H](CSc1ccccc1)Nc1ccc(S(=O)(=O)Nc2nncc3cc(N4CCN(Cc5ccccc5-c5ccc(Cl)cc5)CC4)ccc23)cc1[N+](=O)[O-]. The van der Waals surface area contributed by atoms with Gasteiger partial charge in [-0.25, -0.2) is 8.42 Å². The lowest BCUT2D eigenvalue weighted by Gasteiger charge is -2.36. The predicted octanol–water partition coefficient (Wildman–Crippen LogP) is 8.51. The van der Waals surface area contributed by atoms with Crippen LogP contribution >= 0.6 is 23.4 Å². The highest BCUT2D eigenvalue weighted by molar-refractivity contribution is 7.99. The van der Waals surface area contributed by atoms with Crippen LogP contribution in [0.15, 0.2) is 131 Å². The van der Waals surface area contributed by atoms with E-state index in [0.29, 0.717) is 21.5 Å². The molecule has 5 aromatic carbocycles. The van der Waals surface area contributed by atoms with Crippen molar-refractivity contribution in [3.8, 4) is 11.1 Å². The van der Waals surface area contributed by atoms with E-state index in [4.69, 9.17) is 11.6 Å². The maximum atomic E-state index is 13.7. The number of fused-ring (bicyclic) bond motifs is 1. The first-order valence-electron chi connectivity index (χ1n) is 19.0. The first-order chi connectivity index (χ1) is 28.0. The van der Waals surface area contributed by atoms with Crippen LogP contribution in [0.2, 0.25) is 5.02 Å². The quantitative estimate of drug-likeness (QED) is 0.0552. The summed E-state index contributed by atoms with van der Waals surface area (Å²) in [4.78, 5) is 19.4. The third kappa shape index (κ3) is 10.2. The number of piperazine rings is 1. The van der Waals surface area contributed by atoms with Crippen molar-refractivity contribution in [2.24, 2.45) is 0 Å². The average molecular weight is 837 g/mol. The summed E-state index contributed by atoms with van der Waals surface area (Å²) in [5.41, 5.74) is 4.52. The van der Waals surface area contributed by atoms with Gasteiger partial charge in [-0.1, -0.05) is 66.2 Å². The average Bonchev–Trinajstić information content (AvgIpc) is 3.23. The van der Waals surface area contributed by atoms with E-state index in [1.165, 1.54) is 23.3 Å². The Bertz CT molecular complexity index is 2470. The van der Waals surface area contributed by atoms with Gasteiger partial charge >= 0.3 is 0 Å². The van der Waals surface area contributed by atoms with Gasteiger partial charge in [0.1, 0.15) is 5.69 Å². The molecule has 1 aliphatic heterocycles. The Hall–Kier alpha value is -5.25. The maximum Gasteiger partial charge on any atom is 0.293 e. The molecule has 300 valence electrons. The molecule has 58 heavy (non-hydrogen) atoms. The molecule has 0 spiro atoms. The summed E-state index contributed by atoms with van der Waals surface area (Å²) in [5, 5.41) is 25.8. The molecular weight excluding hydrogens is 792 g/mol. The second-order valence-electron chi connectivity index (χ2n) is 14.5. The number of nitrogens with one attached hydrogen (secondary N) is 2. The van der Waals surface area contributed by atoms with Crippen LogP contribution in [0.4, 0.5) is 22.9 Å². The van der Waals surface area contributed by atoms with Crippen LogP contribution in [0.25, 0.3) is 21.9 Å². The molecule has 0 bridgehead atoms. The van der Waals surface area contributed by atoms with Crippen LogP contribution in [0, 0.1) is 10.1 Å². The van der Waals surface area contributed by atoms with E-state index >= 15 is 0 Å². The Morgan fingerprint density at radius 3 is 2.40 bits per heavy atom. The number of anilines is 3. The fourth-order valence-corrected chi connectivity index (χ4v) is 9.16. The number of nitrogens with zero attached hydrogens (tertiary/aromatic N) is 6. The third-order valence-corrected chi connectivity index (χ3v) is 12.9. The molecule has 2 heterocycles. The molecule has 0 saturated carbocycles. The molecule has 0 amide bonds. The van der Waals surface area contributed by atoms with Crippen molar-refractivity contribution in [1.82, 2.24) is 20.0 Å². The molecule has 0 aliphatic carbocycles. The molecule has 2 N–H and O–H groups in total. The number of hydrogen-bond acceptors (Lipinski definition) is 11. The molecule has 1 fully saturated rings. The highest BCUT2D eigenvalue weighted by Gasteiger charge is 2.25. The minimum Gasteiger partial charge on any atom is -0.376 e. The van der Waals surface area contributed by atoms with Crippen molar-refractivity contribution in [1.29, 1.82) is 0 Å². The Labute approximate surface area is 348 Å². The summed E-state index contributed by atoms with van der Waals surface area (Å²) >= 11 is 7.80. The van der Waals surface area contributed by atoms with Crippen molar-refractivity contribution in [3.05, 3.63) is 142 Å². The Kier molecular flexibility index (Phi) is 13.1. The molecule has 15 heteroatoms. The van der Waals surface area contributed by atoms with E-state index < -0.39 is 14.9 Å². The van der Waals surface area contributed by atoms with Gasteiger partial charge in [-0.05, 0) is 98.3 Å². The lowest BCUT2D eigenvalue weighted by molar-refractivity contribution is -0.384. The normalized spacial score (nSPS) is 14.1. The number of hydrogen-bond donors (Lipinski definition) is 2. The number of sulfonamides is 1. The first-order valence-corrected chi connectivity index (χ1v) is 21.8. The Morgan fingerprint density at radius 1 is 0.914 bits per heavy atom. The van der Waals surface area contributed by atoms with Gasteiger partial charge in [0.2, 0.25) is 0 Å². The van der Waals surface area contributed by atoms with Crippen LogP contribution < -0.4 is 14.9 Å². The standard InChI is InChI=1S/C43H45ClN8O4S2/c1-49(2)21-20-35(30-57-37-9-4-3-5-10-37)46-41-19-17-38(27-42(41)52(53)54)58(55,56)48-43-40-18-16-36(26-33(40)28-45-47-43)51-24-22-50(23-25-51)29-32-8-6-7-11-39(32)31-12-14-34(44)15-13-31/h3-19,26-28,35,46H,20-25,29-30H2,1-2H3,(H,47,48)/t35-/m1/s1. The summed E-state index contributed by atoms with van der Waals surface area (Å²) in [6.45, 7) is 4.98. The van der Waals surface area contributed by atoms with E-state index in [9.17, 15) is 18.5 Å². The third-order valence-electron chi connectivity index (χ3n) is 10.1. The van der Waals surface area contributed by atoms with Gasteiger partial charge < -0.3 is 15.1 Å². The lowest BCUT2D eigenvalue weighted by atomic mass is 9.99. The van der Waals surface area contributed by atoms with Crippen LogP contribution in [-0.4, -0.2) is 92.0 Å². The van der Waals surface area contributed by atoms with E-state index in [0.717, 1.165) is 67.9 Å². The van der Waals surface area contributed by atoms with Crippen molar-refractivity contribution >= 4 is 67.0 Å². The van der Waals surface area contributed by atoms with E-state index in [1.807, 2.05) is 74.8 Å².